The van der Waals surface area contributed by atoms with Crippen LogP contribution in [0.1, 0.15) is 29.4 Å². The molecule has 10 heteroatoms. The minimum Gasteiger partial charge on any atom is -0.494 e. The van der Waals surface area contributed by atoms with Gasteiger partial charge in [-0.05, 0) is 31.8 Å². The number of ether oxygens (including phenoxy) is 2. The number of nitrogens with zero attached hydrogens (tertiary/aromatic N) is 1. The molecule has 7 nitrogen and oxygen atoms in total. The van der Waals surface area contributed by atoms with E-state index in [1.54, 1.807) is 0 Å². The van der Waals surface area contributed by atoms with E-state index in [1.807, 2.05) is 0 Å². The van der Waals surface area contributed by atoms with Crippen molar-refractivity contribution in [3.05, 3.63) is 10.9 Å². The van der Waals surface area contributed by atoms with E-state index in [4.69, 9.17) is 4.74 Å². The van der Waals surface area contributed by atoms with Gasteiger partial charge >= 0.3 is 5.97 Å². The van der Waals surface area contributed by atoms with Crippen molar-refractivity contribution in [2.75, 3.05) is 40.4 Å². The van der Waals surface area contributed by atoms with Crippen LogP contribution in [-0.2, 0) is 14.8 Å². The van der Waals surface area contributed by atoms with Crippen LogP contribution in [0, 0.1) is 5.92 Å². The monoisotopic (exact) mass is 412 g/mol. The van der Waals surface area contributed by atoms with Crippen molar-refractivity contribution in [1.29, 1.82) is 0 Å². The molecule has 0 radical (unpaired) electrons. The van der Waals surface area contributed by atoms with Crippen LogP contribution < -0.4 is 10.1 Å². The van der Waals surface area contributed by atoms with Gasteiger partial charge in [0.15, 0.2) is 9.96 Å². The number of nitrogens with one attached hydrogen (secondary N) is 1. The fraction of sp³-hybridized carbons (Fsp3) is 0.667. The first-order valence-electron chi connectivity index (χ1n) is 7.91. The Balaban J connectivity index is 0.00000312. The minimum atomic E-state index is -3.67. The zero-order chi connectivity index (χ0) is 17.7. The van der Waals surface area contributed by atoms with Crippen molar-refractivity contribution in [1.82, 2.24) is 9.62 Å². The molecule has 0 amide bonds. The van der Waals surface area contributed by atoms with Crippen LogP contribution in [0.15, 0.2) is 10.3 Å². The first kappa shape index (κ1) is 22.2. The van der Waals surface area contributed by atoms with Gasteiger partial charge in [-0.15, -0.1) is 23.7 Å². The fourth-order valence-corrected chi connectivity index (χ4v) is 5.80. The molecule has 0 spiro atoms. The Morgan fingerprint density at radius 1 is 1.36 bits per heavy atom. The van der Waals surface area contributed by atoms with Crippen molar-refractivity contribution in [3.8, 4) is 5.75 Å². The molecule has 2 heterocycles. The van der Waals surface area contributed by atoms with Gasteiger partial charge in [0.25, 0.3) is 10.0 Å². The normalized spacial score (nSPS) is 16.3. The van der Waals surface area contributed by atoms with Crippen LogP contribution in [0.3, 0.4) is 0 Å². The number of hydrogen-bond donors (Lipinski definition) is 1. The predicted molar refractivity (Wildman–Crippen MR) is 99.5 cm³/mol. The molecule has 1 aliphatic rings. The smallest absolute Gasteiger partial charge is 0.348 e. The summed E-state index contributed by atoms with van der Waals surface area (Å²) in [5.41, 5.74) is 0. The molecule has 0 unspecified atom stereocenters. The van der Waals surface area contributed by atoms with Gasteiger partial charge in [-0.1, -0.05) is 6.92 Å². The second-order valence-corrected chi connectivity index (χ2v) is 8.80. The highest BCUT2D eigenvalue weighted by molar-refractivity contribution is 7.91. The molecule has 0 bridgehead atoms. The van der Waals surface area contributed by atoms with Crippen LogP contribution in [-0.4, -0.2) is 59.1 Å². The van der Waals surface area contributed by atoms with E-state index in [1.165, 1.54) is 24.6 Å². The third-order valence-electron chi connectivity index (χ3n) is 4.10. The van der Waals surface area contributed by atoms with Gasteiger partial charge in [0, 0.05) is 19.2 Å². The number of methoxy groups -OCH3 is 2. The van der Waals surface area contributed by atoms with Crippen LogP contribution in [0.5, 0.6) is 5.75 Å². The van der Waals surface area contributed by atoms with Gasteiger partial charge in [0.2, 0.25) is 0 Å². The molecule has 0 aliphatic carbocycles. The van der Waals surface area contributed by atoms with E-state index in [0.717, 1.165) is 37.3 Å². The number of esters is 1. The molecule has 1 N–H and O–H groups in total. The average molecular weight is 413 g/mol. The highest BCUT2D eigenvalue weighted by atomic mass is 35.5. The topological polar surface area (TPSA) is 84.9 Å². The molecule has 1 saturated heterocycles. The number of rotatable bonds is 7. The lowest BCUT2D eigenvalue weighted by Crippen LogP contribution is -2.40. The molecule has 1 fully saturated rings. The molecule has 25 heavy (non-hydrogen) atoms. The quantitative estimate of drug-likeness (QED) is 0.689. The Morgan fingerprint density at radius 2 is 2.00 bits per heavy atom. The molecule has 0 saturated carbocycles. The van der Waals surface area contributed by atoms with E-state index < -0.39 is 16.0 Å². The highest BCUT2D eigenvalue weighted by Gasteiger charge is 2.34. The molecule has 1 aromatic rings. The van der Waals surface area contributed by atoms with Crippen LogP contribution >= 0.6 is 23.7 Å². The average Bonchev–Trinajstić information content (AvgIpc) is 3.05. The molecular weight excluding hydrogens is 388 g/mol. The summed E-state index contributed by atoms with van der Waals surface area (Å²) in [5, 5.41) is 3.31. The summed E-state index contributed by atoms with van der Waals surface area (Å²) in [5.74, 6) is 0.117. The van der Waals surface area contributed by atoms with Gasteiger partial charge in [0.1, 0.15) is 4.88 Å². The molecule has 0 atom stereocenters. The third-order valence-corrected chi connectivity index (χ3v) is 7.59. The number of thiophene rings is 1. The summed E-state index contributed by atoms with van der Waals surface area (Å²) in [6, 6.07) is 1.42. The predicted octanol–water partition coefficient (Wildman–Crippen LogP) is 1.98. The number of halogens is 1. The number of piperidine rings is 1. The second kappa shape index (κ2) is 9.72. The fourth-order valence-electron chi connectivity index (χ4n) is 2.70. The van der Waals surface area contributed by atoms with E-state index in [9.17, 15) is 13.2 Å². The summed E-state index contributed by atoms with van der Waals surface area (Å²) >= 11 is 0.891. The van der Waals surface area contributed by atoms with Crippen LogP contribution in [0.25, 0.3) is 0 Å². The van der Waals surface area contributed by atoms with Gasteiger partial charge < -0.3 is 14.8 Å². The molecule has 144 valence electrons. The van der Waals surface area contributed by atoms with Gasteiger partial charge in [0.05, 0.1) is 14.2 Å². The largest absolute Gasteiger partial charge is 0.494 e. The number of hydrogen-bond acceptors (Lipinski definition) is 7. The number of sulfonamides is 1. The molecular formula is C15H25ClN2O5S2. The summed E-state index contributed by atoms with van der Waals surface area (Å²) < 4.78 is 37.2. The number of carbonyl (C=O) groups is 1. The maximum absolute atomic E-state index is 12.9. The maximum atomic E-state index is 12.9. The third kappa shape index (κ3) is 5.07. The zero-order valence-electron chi connectivity index (χ0n) is 14.6. The lowest BCUT2D eigenvalue weighted by atomic mass is 9.98. The first-order valence-corrected chi connectivity index (χ1v) is 10.2. The molecule has 1 aliphatic heterocycles. The molecule has 0 aromatic carbocycles. The minimum absolute atomic E-state index is 0. The van der Waals surface area contributed by atoms with Crippen molar-refractivity contribution in [2.24, 2.45) is 5.92 Å². The van der Waals surface area contributed by atoms with Crippen molar-refractivity contribution in [3.63, 3.8) is 0 Å². The van der Waals surface area contributed by atoms with Crippen molar-refractivity contribution >= 4 is 39.7 Å². The molecule has 1 aromatic heterocycles. The SMILES string of the molecule is CCNCC1CCN(S(=O)(=O)c2sc(C(=O)OC)cc2OC)CC1.Cl. The lowest BCUT2D eigenvalue weighted by molar-refractivity contribution is 0.0606. The van der Waals surface area contributed by atoms with Gasteiger partial charge in [-0.2, -0.15) is 4.31 Å². The van der Waals surface area contributed by atoms with E-state index in [0.29, 0.717) is 19.0 Å². The van der Waals surface area contributed by atoms with E-state index in [2.05, 4.69) is 17.0 Å². The standard InChI is InChI=1S/C15H24N2O5S2.ClH/c1-4-16-10-11-5-7-17(8-6-11)24(19,20)15-12(21-2)9-13(23-15)14(18)22-3;/h9,11,16H,4-8,10H2,1-3H3;1H. The van der Waals surface area contributed by atoms with E-state index in [-0.39, 0.29) is 27.2 Å². The lowest BCUT2D eigenvalue weighted by Gasteiger charge is -2.31. The molecule has 2 rings (SSSR count). The Bertz CT molecular complexity index is 669. The highest BCUT2D eigenvalue weighted by Crippen LogP contribution is 2.37. The summed E-state index contributed by atoms with van der Waals surface area (Å²) in [7, 11) is -1.02. The summed E-state index contributed by atoms with van der Waals surface area (Å²) in [6.45, 7) is 4.85. The van der Waals surface area contributed by atoms with Crippen molar-refractivity contribution < 1.29 is 22.7 Å². The summed E-state index contributed by atoms with van der Waals surface area (Å²) in [6.07, 6.45) is 1.65. The zero-order valence-corrected chi connectivity index (χ0v) is 17.1. The summed E-state index contributed by atoms with van der Waals surface area (Å²) in [4.78, 5) is 11.9. The van der Waals surface area contributed by atoms with Crippen LogP contribution in [0.4, 0.5) is 0 Å². The second-order valence-electron chi connectivity index (χ2n) is 5.61. The number of carbonyl (C=O) groups excluding carboxylic acids is 1. The Kier molecular flexibility index (Phi) is 8.62. The Labute approximate surface area is 159 Å². The van der Waals surface area contributed by atoms with Crippen molar-refractivity contribution in [2.45, 2.75) is 24.0 Å². The van der Waals surface area contributed by atoms with Gasteiger partial charge in [-0.25, -0.2) is 13.2 Å². The van der Waals surface area contributed by atoms with Crippen LogP contribution in [0.2, 0.25) is 0 Å². The first-order chi connectivity index (χ1) is 11.4. The maximum Gasteiger partial charge on any atom is 0.348 e. The Morgan fingerprint density at radius 3 is 2.52 bits per heavy atom. The Hall–Kier alpha value is -0.870. The van der Waals surface area contributed by atoms with Gasteiger partial charge in [-0.3, -0.25) is 0 Å². The van der Waals surface area contributed by atoms with E-state index >= 15 is 0 Å².